The highest BCUT2D eigenvalue weighted by Gasteiger charge is 2.16. The van der Waals surface area contributed by atoms with Crippen LogP contribution in [0.3, 0.4) is 0 Å². The molecule has 2 aromatic rings. The number of nitrogens with one attached hydrogen (secondary N) is 1. The van der Waals surface area contributed by atoms with E-state index in [9.17, 15) is 9.59 Å². The van der Waals surface area contributed by atoms with Crippen LogP contribution in [0.1, 0.15) is 48.6 Å². The minimum absolute atomic E-state index is 0.0827. The summed E-state index contributed by atoms with van der Waals surface area (Å²) < 4.78 is 0. The van der Waals surface area contributed by atoms with E-state index in [1.54, 1.807) is 31.2 Å². The Kier molecular flexibility index (Phi) is 6.09. The number of rotatable bonds is 6. The Morgan fingerprint density at radius 3 is 2.40 bits per heavy atom. The largest absolute Gasteiger partial charge is 0.481 e. The minimum atomic E-state index is -0.836. The molecule has 0 bridgehead atoms. The maximum atomic E-state index is 12.4. The van der Waals surface area contributed by atoms with Crippen molar-refractivity contribution in [2.75, 3.05) is 5.32 Å². The van der Waals surface area contributed by atoms with Crippen molar-refractivity contribution in [3.8, 4) is 0 Å². The van der Waals surface area contributed by atoms with Gasteiger partial charge >= 0.3 is 5.97 Å². The zero-order chi connectivity index (χ0) is 18.6. The minimum Gasteiger partial charge on any atom is -0.481 e. The summed E-state index contributed by atoms with van der Waals surface area (Å²) in [5.74, 6) is -1.08. The quantitative estimate of drug-likeness (QED) is 0.817. The van der Waals surface area contributed by atoms with Crippen molar-refractivity contribution in [3.05, 3.63) is 52.6 Å². The van der Waals surface area contributed by atoms with Crippen molar-refractivity contribution in [2.24, 2.45) is 5.92 Å². The van der Waals surface area contributed by atoms with Crippen molar-refractivity contribution < 1.29 is 14.7 Å². The van der Waals surface area contributed by atoms with Crippen LogP contribution in [0.4, 0.5) is 5.69 Å². The lowest BCUT2D eigenvalue weighted by Crippen LogP contribution is -2.16. The van der Waals surface area contributed by atoms with Crippen molar-refractivity contribution in [2.45, 2.75) is 33.1 Å². The lowest BCUT2D eigenvalue weighted by atomic mass is 10.0. The standard InChI is InChI=1S/C18H20ClN3O3/c1-10(2)16-20-9-14(19)15(22-16)17(23)21-13-6-4-12(5-7-13)8-11(3)18(24)25/h4-7,9-11H,8H2,1-3H3,(H,21,23)(H,24,25). The molecule has 1 unspecified atom stereocenters. The number of aromatic nitrogens is 2. The normalized spacial score (nSPS) is 12.0. The van der Waals surface area contributed by atoms with Gasteiger partial charge in [0.25, 0.3) is 5.91 Å². The number of nitrogens with zero attached hydrogens (tertiary/aromatic N) is 2. The average Bonchev–Trinajstić information content (AvgIpc) is 2.56. The molecule has 0 aliphatic rings. The SMILES string of the molecule is CC(Cc1ccc(NC(=O)c2nc(C(C)C)ncc2Cl)cc1)C(=O)O. The molecule has 25 heavy (non-hydrogen) atoms. The number of carboxylic acids is 1. The van der Waals surface area contributed by atoms with E-state index in [1.165, 1.54) is 6.20 Å². The van der Waals surface area contributed by atoms with Gasteiger partial charge in [-0.15, -0.1) is 0 Å². The van der Waals surface area contributed by atoms with E-state index in [4.69, 9.17) is 16.7 Å². The molecule has 6 nitrogen and oxygen atoms in total. The number of aliphatic carboxylic acids is 1. The second-order valence-electron chi connectivity index (χ2n) is 6.17. The van der Waals surface area contributed by atoms with Gasteiger partial charge in [-0.05, 0) is 24.1 Å². The molecule has 0 saturated carbocycles. The topological polar surface area (TPSA) is 92.2 Å². The molecule has 1 amide bonds. The average molecular weight is 362 g/mol. The summed E-state index contributed by atoms with van der Waals surface area (Å²) in [6.07, 6.45) is 1.86. The second kappa shape index (κ2) is 8.07. The number of hydrogen-bond donors (Lipinski definition) is 2. The van der Waals surface area contributed by atoms with E-state index in [1.807, 2.05) is 13.8 Å². The van der Waals surface area contributed by atoms with Crippen LogP contribution in [0, 0.1) is 5.92 Å². The molecule has 1 heterocycles. The van der Waals surface area contributed by atoms with E-state index in [0.29, 0.717) is 17.9 Å². The van der Waals surface area contributed by atoms with E-state index < -0.39 is 17.8 Å². The Hall–Kier alpha value is -2.47. The Balaban J connectivity index is 2.11. The highest BCUT2D eigenvalue weighted by atomic mass is 35.5. The highest BCUT2D eigenvalue weighted by molar-refractivity contribution is 6.33. The molecule has 132 valence electrons. The zero-order valence-electron chi connectivity index (χ0n) is 14.3. The smallest absolute Gasteiger partial charge is 0.306 e. The second-order valence-corrected chi connectivity index (χ2v) is 6.58. The van der Waals surface area contributed by atoms with Gasteiger partial charge in [0.2, 0.25) is 0 Å². The Morgan fingerprint density at radius 1 is 1.20 bits per heavy atom. The molecule has 0 spiro atoms. The molecule has 2 rings (SSSR count). The number of carbonyl (C=O) groups excluding carboxylic acids is 1. The van der Waals surface area contributed by atoms with Crippen LogP contribution in [0.5, 0.6) is 0 Å². The Morgan fingerprint density at radius 2 is 1.84 bits per heavy atom. The predicted molar refractivity (Wildman–Crippen MR) is 96.0 cm³/mol. The van der Waals surface area contributed by atoms with Crippen molar-refractivity contribution in [1.29, 1.82) is 0 Å². The van der Waals surface area contributed by atoms with E-state index in [0.717, 1.165) is 5.56 Å². The molecule has 1 atom stereocenters. The number of carbonyl (C=O) groups is 2. The molecule has 0 saturated heterocycles. The van der Waals surface area contributed by atoms with Crippen LogP contribution < -0.4 is 5.32 Å². The highest BCUT2D eigenvalue weighted by Crippen LogP contribution is 2.19. The van der Waals surface area contributed by atoms with Gasteiger partial charge in [-0.1, -0.05) is 44.5 Å². The molecule has 0 aliphatic heterocycles. The first-order valence-corrected chi connectivity index (χ1v) is 8.31. The number of halogens is 1. The van der Waals surface area contributed by atoms with Crippen LogP contribution in [0.25, 0.3) is 0 Å². The summed E-state index contributed by atoms with van der Waals surface area (Å²) in [7, 11) is 0. The van der Waals surface area contributed by atoms with Gasteiger partial charge in [-0.3, -0.25) is 9.59 Å². The summed E-state index contributed by atoms with van der Waals surface area (Å²) in [6, 6.07) is 7.02. The fourth-order valence-corrected chi connectivity index (χ4v) is 2.35. The molecule has 0 aliphatic carbocycles. The Labute approximate surface area is 151 Å². The Bertz CT molecular complexity index is 776. The summed E-state index contributed by atoms with van der Waals surface area (Å²) >= 11 is 6.03. The summed E-state index contributed by atoms with van der Waals surface area (Å²) in [5, 5.41) is 11.9. The van der Waals surface area contributed by atoms with Gasteiger partial charge in [0.05, 0.1) is 17.1 Å². The first-order chi connectivity index (χ1) is 11.8. The van der Waals surface area contributed by atoms with Crippen molar-refractivity contribution in [1.82, 2.24) is 9.97 Å². The first-order valence-electron chi connectivity index (χ1n) is 7.93. The van der Waals surface area contributed by atoms with Crippen LogP contribution in [0.15, 0.2) is 30.5 Å². The zero-order valence-corrected chi connectivity index (χ0v) is 15.0. The van der Waals surface area contributed by atoms with Crippen LogP contribution >= 0.6 is 11.6 Å². The van der Waals surface area contributed by atoms with Crippen molar-refractivity contribution >= 4 is 29.2 Å². The van der Waals surface area contributed by atoms with Crippen LogP contribution in [-0.4, -0.2) is 27.0 Å². The van der Waals surface area contributed by atoms with Crippen molar-refractivity contribution in [3.63, 3.8) is 0 Å². The van der Waals surface area contributed by atoms with Crippen LogP contribution in [-0.2, 0) is 11.2 Å². The fourth-order valence-electron chi connectivity index (χ4n) is 2.17. The molecule has 7 heteroatoms. The predicted octanol–water partition coefficient (Wildman–Crippen LogP) is 3.77. The third kappa shape index (κ3) is 5.00. The van der Waals surface area contributed by atoms with Gasteiger partial charge in [0.1, 0.15) is 5.82 Å². The lowest BCUT2D eigenvalue weighted by Gasteiger charge is -2.10. The fraction of sp³-hybridized carbons (Fsp3) is 0.333. The third-order valence-electron chi connectivity index (χ3n) is 3.67. The number of hydrogen-bond acceptors (Lipinski definition) is 4. The number of amides is 1. The third-order valence-corrected chi connectivity index (χ3v) is 3.95. The van der Waals surface area contributed by atoms with Gasteiger partial charge in [0, 0.05) is 11.6 Å². The molecule has 0 radical (unpaired) electrons. The number of carboxylic acid groups (broad SMARTS) is 1. The van der Waals surface area contributed by atoms with E-state index in [-0.39, 0.29) is 16.6 Å². The summed E-state index contributed by atoms with van der Waals surface area (Å²) in [4.78, 5) is 31.6. The number of anilines is 1. The molecular weight excluding hydrogens is 342 g/mol. The summed E-state index contributed by atoms with van der Waals surface area (Å²) in [6.45, 7) is 5.52. The van der Waals surface area contributed by atoms with E-state index in [2.05, 4.69) is 15.3 Å². The summed E-state index contributed by atoms with van der Waals surface area (Å²) in [5.41, 5.74) is 1.59. The molecular formula is C18H20ClN3O3. The monoisotopic (exact) mass is 361 g/mol. The molecule has 1 aromatic heterocycles. The maximum Gasteiger partial charge on any atom is 0.306 e. The van der Waals surface area contributed by atoms with Gasteiger partial charge in [-0.25, -0.2) is 9.97 Å². The molecule has 2 N–H and O–H groups in total. The number of benzene rings is 1. The van der Waals surface area contributed by atoms with Gasteiger partial charge in [-0.2, -0.15) is 0 Å². The molecule has 0 fully saturated rings. The lowest BCUT2D eigenvalue weighted by molar-refractivity contribution is -0.141. The van der Waals surface area contributed by atoms with Crippen LogP contribution in [0.2, 0.25) is 5.02 Å². The van der Waals surface area contributed by atoms with Gasteiger partial charge in [0.15, 0.2) is 5.69 Å². The van der Waals surface area contributed by atoms with Gasteiger partial charge < -0.3 is 10.4 Å². The van der Waals surface area contributed by atoms with E-state index >= 15 is 0 Å². The maximum absolute atomic E-state index is 12.4. The molecule has 1 aromatic carbocycles. The first kappa shape index (κ1) is 18.9.